The summed E-state index contributed by atoms with van der Waals surface area (Å²) >= 11 is 0. The van der Waals surface area contributed by atoms with Crippen LogP contribution in [-0.2, 0) is 6.42 Å². The van der Waals surface area contributed by atoms with Crippen LogP contribution in [0.15, 0.2) is 42.0 Å². The molecule has 0 amide bonds. The van der Waals surface area contributed by atoms with Crippen LogP contribution >= 0.6 is 0 Å². The lowest BCUT2D eigenvalue weighted by Crippen LogP contribution is -1.95. The summed E-state index contributed by atoms with van der Waals surface area (Å²) in [6.45, 7) is 0. The van der Waals surface area contributed by atoms with Crippen LogP contribution in [0.3, 0.4) is 0 Å². The van der Waals surface area contributed by atoms with Crippen LogP contribution in [0.1, 0.15) is 18.4 Å². The summed E-state index contributed by atoms with van der Waals surface area (Å²) in [5.74, 6) is -0.341. The van der Waals surface area contributed by atoms with E-state index in [0.717, 1.165) is 24.8 Å². The number of allylic oxidation sites excluding steroid dienone is 4. The number of rotatable bonds is 2. The lowest BCUT2D eigenvalue weighted by atomic mass is 9.99. The van der Waals surface area contributed by atoms with E-state index in [1.807, 2.05) is 0 Å². The van der Waals surface area contributed by atoms with Crippen LogP contribution in [0.4, 0.5) is 10.1 Å². The SMILES string of the molecule is Nc1cc(CC2=CCCC=C2)ccc1F. The molecule has 2 rings (SSSR count). The highest BCUT2D eigenvalue weighted by atomic mass is 19.1. The van der Waals surface area contributed by atoms with Crippen molar-refractivity contribution >= 4 is 5.69 Å². The van der Waals surface area contributed by atoms with Gasteiger partial charge in [0.25, 0.3) is 0 Å². The molecule has 1 aliphatic rings. The molecule has 1 nitrogen and oxygen atoms in total. The van der Waals surface area contributed by atoms with Crippen LogP contribution in [0.25, 0.3) is 0 Å². The first-order chi connectivity index (χ1) is 7.25. The Hall–Kier alpha value is -1.57. The van der Waals surface area contributed by atoms with Crippen molar-refractivity contribution in [2.24, 2.45) is 0 Å². The fourth-order valence-corrected chi connectivity index (χ4v) is 1.74. The molecule has 0 spiro atoms. The summed E-state index contributed by atoms with van der Waals surface area (Å²) in [6.07, 6.45) is 9.57. The van der Waals surface area contributed by atoms with Gasteiger partial charge in [-0.25, -0.2) is 4.39 Å². The van der Waals surface area contributed by atoms with Crippen molar-refractivity contribution < 1.29 is 4.39 Å². The van der Waals surface area contributed by atoms with Crippen LogP contribution in [-0.4, -0.2) is 0 Å². The topological polar surface area (TPSA) is 26.0 Å². The predicted octanol–water partition coefficient (Wildman–Crippen LogP) is 3.23. The van der Waals surface area contributed by atoms with Crippen molar-refractivity contribution in [1.82, 2.24) is 0 Å². The van der Waals surface area contributed by atoms with Gasteiger partial charge in [0.05, 0.1) is 5.69 Å². The largest absolute Gasteiger partial charge is 0.396 e. The molecule has 0 saturated carbocycles. The number of hydrogen-bond acceptors (Lipinski definition) is 1. The third kappa shape index (κ3) is 2.46. The van der Waals surface area contributed by atoms with E-state index in [1.165, 1.54) is 11.6 Å². The first-order valence-electron chi connectivity index (χ1n) is 5.15. The van der Waals surface area contributed by atoms with Gasteiger partial charge < -0.3 is 5.73 Å². The first kappa shape index (κ1) is 9.97. The Bertz CT molecular complexity index is 419. The molecule has 0 bridgehead atoms. The van der Waals surface area contributed by atoms with Gasteiger partial charge in [-0.15, -0.1) is 0 Å². The van der Waals surface area contributed by atoms with Gasteiger partial charge in [0.2, 0.25) is 0 Å². The highest BCUT2D eigenvalue weighted by molar-refractivity contribution is 5.44. The Labute approximate surface area is 89.1 Å². The predicted molar refractivity (Wildman–Crippen MR) is 61.0 cm³/mol. The molecule has 0 aromatic heterocycles. The zero-order chi connectivity index (χ0) is 10.7. The normalized spacial score (nSPS) is 15.1. The molecule has 1 aliphatic carbocycles. The van der Waals surface area contributed by atoms with Gasteiger partial charge in [-0.05, 0) is 42.5 Å². The minimum absolute atomic E-state index is 0.230. The molecule has 0 unspecified atom stereocenters. The number of nitrogen functional groups attached to an aromatic ring is 1. The van der Waals surface area contributed by atoms with Crippen LogP contribution in [0.2, 0.25) is 0 Å². The van der Waals surface area contributed by atoms with Gasteiger partial charge in [0, 0.05) is 0 Å². The van der Waals surface area contributed by atoms with E-state index < -0.39 is 0 Å². The first-order valence-corrected chi connectivity index (χ1v) is 5.15. The molecule has 15 heavy (non-hydrogen) atoms. The number of halogens is 1. The fraction of sp³-hybridized carbons (Fsp3) is 0.231. The standard InChI is InChI=1S/C13H14FN/c14-12-7-6-11(9-13(12)15)8-10-4-2-1-3-5-10/h2,4-7,9H,1,3,8,15H2. The van der Waals surface area contributed by atoms with Crippen LogP contribution in [0.5, 0.6) is 0 Å². The molecule has 1 aromatic rings. The smallest absolute Gasteiger partial charge is 0.146 e. The van der Waals surface area contributed by atoms with E-state index in [0.29, 0.717) is 0 Å². The van der Waals surface area contributed by atoms with Crippen molar-refractivity contribution in [2.75, 3.05) is 5.73 Å². The molecule has 0 atom stereocenters. The van der Waals surface area contributed by atoms with E-state index in [1.54, 1.807) is 12.1 Å². The Balaban J connectivity index is 2.14. The monoisotopic (exact) mass is 203 g/mol. The number of benzene rings is 1. The molecule has 78 valence electrons. The molecule has 0 saturated heterocycles. The maximum atomic E-state index is 12.9. The number of nitrogens with two attached hydrogens (primary N) is 1. The quantitative estimate of drug-likeness (QED) is 0.734. The molecule has 2 N–H and O–H groups in total. The van der Waals surface area contributed by atoms with E-state index in [2.05, 4.69) is 18.2 Å². The highest BCUT2D eigenvalue weighted by Crippen LogP contribution is 2.18. The number of hydrogen-bond donors (Lipinski definition) is 1. The van der Waals surface area contributed by atoms with Gasteiger partial charge in [0.1, 0.15) is 5.82 Å². The zero-order valence-corrected chi connectivity index (χ0v) is 8.54. The molecular formula is C13H14FN. The summed E-state index contributed by atoms with van der Waals surface area (Å²) in [4.78, 5) is 0. The van der Waals surface area contributed by atoms with Crippen LogP contribution in [0, 0.1) is 5.82 Å². The van der Waals surface area contributed by atoms with Gasteiger partial charge in [-0.3, -0.25) is 0 Å². The molecule has 0 heterocycles. The van der Waals surface area contributed by atoms with E-state index in [-0.39, 0.29) is 11.5 Å². The summed E-state index contributed by atoms with van der Waals surface area (Å²) in [5, 5.41) is 0. The lowest BCUT2D eigenvalue weighted by Gasteiger charge is -2.07. The van der Waals surface area contributed by atoms with E-state index in [9.17, 15) is 4.39 Å². The maximum Gasteiger partial charge on any atom is 0.146 e. The van der Waals surface area contributed by atoms with Crippen LogP contribution < -0.4 is 5.73 Å². The summed E-state index contributed by atoms with van der Waals surface area (Å²) in [5.41, 5.74) is 8.09. The highest BCUT2D eigenvalue weighted by Gasteiger charge is 2.02. The molecule has 0 radical (unpaired) electrons. The Morgan fingerprint density at radius 3 is 2.80 bits per heavy atom. The Morgan fingerprint density at radius 2 is 2.13 bits per heavy atom. The van der Waals surface area contributed by atoms with E-state index in [4.69, 9.17) is 5.73 Å². The van der Waals surface area contributed by atoms with Crippen molar-refractivity contribution in [3.63, 3.8) is 0 Å². The van der Waals surface area contributed by atoms with Crippen molar-refractivity contribution in [3.05, 3.63) is 53.4 Å². The average molecular weight is 203 g/mol. The van der Waals surface area contributed by atoms with E-state index >= 15 is 0 Å². The second kappa shape index (κ2) is 4.30. The van der Waals surface area contributed by atoms with Crippen molar-refractivity contribution in [2.45, 2.75) is 19.3 Å². The zero-order valence-electron chi connectivity index (χ0n) is 8.54. The van der Waals surface area contributed by atoms with Gasteiger partial charge >= 0.3 is 0 Å². The third-order valence-electron chi connectivity index (χ3n) is 2.54. The summed E-state index contributed by atoms with van der Waals surface area (Å²) in [6, 6.07) is 4.92. The molecular weight excluding hydrogens is 189 g/mol. The third-order valence-corrected chi connectivity index (χ3v) is 2.54. The second-order valence-corrected chi connectivity index (χ2v) is 3.79. The second-order valence-electron chi connectivity index (χ2n) is 3.79. The average Bonchev–Trinajstić information content (AvgIpc) is 2.25. The fourth-order valence-electron chi connectivity index (χ4n) is 1.74. The minimum Gasteiger partial charge on any atom is -0.396 e. The summed E-state index contributed by atoms with van der Waals surface area (Å²) in [7, 11) is 0. The van der Waals surface area contributed by atoms with Crippen molar-refractivity contribution in [1.29, 1.82) is 0 Å². The molecule has 0 fully saturated rings. The molecule has 1 aromatic carbocycles. The summed E-state index contributed by atoms with van der Waals surface area (Å²) < 4.78 is 12.9. The van der Waals surface area contributed by atoms with Gasteiger partial charge in [-0.1, -0.05) is 24.3 Å². The molecule has 0 aliphatic heterocycles. The maximum absolute atomic E-state index is 12.9. The van der Waals surface area contributed by atoms with Gasteiger partial charge in [0.15, 0.2) is 0 Å². The van der Waals surface area contributed by atoms with Crippen molar-refractivity contribution in [3.8, 4) is 0 Å². The number of anilines is 1. The molecule has 2 heteroatoms. The lowest BCUT2D eigenvalue weighted by molar-refractivity contribution is 0.632. The Morgan fingerprint density at radius 1 is 1.27 bits per heavy atom. The Kier molecular flexibility index (Phi) is 2.86. The minimum atomic E-state index is -0.341. The van der Waals surface area contributed by atoms with Gasteiger partial charge in [-0.2, -0.15) is 0 Å².